The number of aliphatic imine (C=N–C) groups is 1. The monoisotopic (exact) mass is 401 g/mol. The highest BCUT2D eigenvalue weighted by Crippen LogP contribution is 2.31. The van der Waals surface area contributed by atoms with Crippen LogP contribution in [0.25, 0.3) is 0 Å². The van der Waals surface area contributed by atoms with Crippen LogP contribution >= 0.6 is 0 Å². The van der Waals surface area contributed by atoms with E-state index in [1.807, 2.05) is 12.1 Å². The molecule has 162 valence electrons. The molecule has 2 N–H and O–H groups in total. The fraction of sp³-hybridized carbons (Fsp3) is 0.696. The smallest absolute Gasteiger partial charge is 0.191 e. The molecule has 0 spiro atoms. The normalized spacial score (nSPS) is 21.4. The van der Waals surface area contributed by atoms with Crippen LogP contribution in [0.1, 0.15) is 39.5 Å². The highest BCUT2D eigenvalue weighted by molar-refractivity contribution is 5.80. The number of hydrogen-bond donors (Lipinski definition) is 2. The van der Waals surface area contributed by atoms with Gasteiger partial charge in [-0.05, 0) is 57.2 Å². The summed E-state index contributed by atoms with van der Waals surface area (Å²) in [6.45, 7) is 11.9. The zero-order valence-corrected chi connectivity index (χ0v) is 18.5. The van der Waals surface area contributed by atoms with Gasteiger partial charge in [0.15, 0.2) is 5.96 Å². The van der Waals surface area contributed by atoms with Gasteiger partial charge in [0.05, 0.1) is 12.8 Å². The van der Waals surface area contributed by atoms with Crippen molar-refractivity contribution in [2.75, 3.05) is 57.8 Å². The van der Waals surface area contributed by atoms with Gasteiger partial charge >= 0.3 is 0 Å². The van der Waals surface area contributed by atoms with Gasteiger partial charge in [0, 0.05) is 45.3 Å². The van der Waals surface area contributed by atoms with Gasteiger partial charge in [0.25, 0.3) is 0 Å². The van der Waals surface area contributed by atoms with E-state index in [4.69, 9.17) is 9.73 Å². The van der Waals surface area contributed by atoms with Crippen molar-refractivity contribution >= 4 is 11.6 Å². The van der Waals surface area contributed by atoms with Crippen LogP contribution in [0, 0.1) is 5.92 Å². The van der Waals surface area contributed by atoms with Crippen molar-refractivity contribution in [3.8, 4) is 5.75 Å². The third kappa shape index (κ3) is 6.26. The van der Waals surface area contributed by atoms with Gasteiger partial charge in [0.1, 0.15) is 5.75 Å². The summed E-state index contributed by atoms with van der Waals surface area (Å²) in [5, 5.41) is 7.13. The minimum Gasteiger partial charge on any atom is -0.495 e. The Bertz CT molecular complexity index is 642. The second kappa shape index (κ2) is 11.3. The molecule has 29 heavy (non-hydrogen) atoms. The third-order valence-corrected chi connectivity index (χ3v) is 6.03. The molecule has 2 fully saturated rings. The van der Waals surface area contributed by atoms with Crippen LogP contribution in [0.3, 0.4) is 0 Å². The number of nitrogens with one attached hydrogen (secondary N) is 2. The van der Waals surface area contributed by atoms with Crippen molar-refractivity contribution in [3.05, 3.63) is 24.3 Å². The van der Waals surface area contributed by atoms with E-state index >= 15 is 0 Å². The molecule has 0 radical (unpaired) electrons. The Labute approximate surface area is 176 Å². The first kappa shape index (κ1) is 21.8. The van der Waals surface area contributed by atoms with Gasteiger partial charge in [-0.2, -0.15) is 0 Å². The number of benzene rings is 1. The molecule has 1 aromatic rings. The summed E-state index contributed by atoms with van der Waals surface area (Å²) in [5.41, 5.74) is 1.20. The second-order valence-corrected chi connectivity index (χ2v) is 8.25. The van der Waals surface area contributed by atoms with Gasteiger partial charge in [-0.25, -0.2) is 0 Å². The number of ether oxygens (including phenoxy) is 1. The van der Waals surface area contributed by atoms with Crippen molar-refractivity contribution in [3.63, 3.8) is 0 Å². The standard InChI is InChI=1S/C23H39N5O/c1-4-13-27-14-11-20(12-15-27)26-23(24-5-2)25-17-19-10-16-28(18-19)21-8-6-7-9-22(21)29-3/h6-9,19-20H,4-5,10-18H2,1-3H3,(H2,24,25,26). The molecule has 1 unspecified atom stereocenters. The SMILES string of the molecule is CCCN1CCC(NC(=NCC2CCN(c3ccccc3OC)C2)NCC)CC1. The minimum absolute atomic E-state index is 0.537. The summed E-state index contributed by atoms with van der Waals surface area (Å²) in [5.74, 6) is 2.53. The average Bonchev–Trinajstić information content (AvgIpc) is 3.22. The molecule has 0 aromatic heterocycles. The molecule has 0 aliphatic carbocycles. The maximum Gasteiger partial charge on any atom is 0.191 e. The number of nitrogens with zero attached hydrogens (tertiary/aromatic N) is 3. The molecular weight excluding hydrogens is 362 g/mol. The maximum atomic E-state index is 5.54. The lowest BCUT2D eigenvalue weighted by atomic mass is 10.1. The van der Waals surface area contributed by atoms with E-state index in [2.05, 4.69) is 46.4 Å². The van der Waals surface area contributed by atoms with E-state index in [1.54, 1.807) is 7.11 Å². The Kier molecular flexibility index (Phi) is 8.47. The summed E-state index contributed by atoms with van der Waals surface area (Å²) in [6, 6.07) is 8.85. The Morgan fingerprint density at radius 3 is 2.66 bits per heavy atom. The van der Waals surface area contributed by atoms with Gasteiger partial charge in [-0.1, -0.05) is 19.1 Å². The molecule has 0 saturated carbocycles. The van der Waals surface area contributed by atoms with Crippen molar-refractivity contribution in [2.24, 2.45) is 10.9 Å². The van der Waals surface area contributed by atoms with Crippen LogP contribution in [0.15, 0.2) is 29.3 Å². The number of piperidine rings is 1. The summed E-state index contributed by atoms with van der Waals surface area (Å²) < 4.78 is 5.54. The maximum absolute atomic E-state index is 5.54. The van der Waals surface area contributed by atoms with Crippen molar-refractivity contribution in [2.45, 2.75) is 45.6 Å². The predicted molar refractivity (Wildman–Crippen MR) is 122 cm³/mol. The van der Waals surface area contributed by atoms with Gasteiger partial charge in [0.2, 0.25) is 0 Å². The highest BCUT2D eigenvalue weighted by Gasteiger charge is 2.25. The topological polar surface area (TPSA) is 52.1 Å². The summed E-state index contributed by atoms with van der Waals surface area (Å²) in [6.07, 6.45) is 4.83. The third-order valence-electron chi connectivity index (χ3n) is 6.03. The predicted octanol–water partition coefficient (Wildman–Crippen LogP) is 2.95. The van der Waals surface area contributed by atoms with E-state index in [-0.39, 0.29) is 0 Å². The Morgan fingerprint density at radius 2 is 1.93 bits per heavy atom. The lowest BCUT2D eigenvalue weighted by Crippen LogP contribution is -2.48. The summed E-state index contributed by atoms with van der Waals surface area (Å²) in [4.78, 5) is 9.95. The van der Waals surface area contributed by atoms with Crippen molar-refractivity contribution in [1.29, 1.82) is 0 Å². The van der Waals surface area contributed by atoms with E-state index < -0.39 is 0 Å². The Morgan fingerprint density at radius 1 is 1.14 bits per heavy atom. The lowest BCUT2D eigenvalue weighted by molar-refractivity contribution is 0.206. The molecule has 2 heterocycles. The van der Waals surface area contributed by atoms with Crippen LogP contribution in [-0.2, 0) is 0 Å². The number of hydrogen-bond acceptors (Lipinski definition) is 4. The van der Waals surface area contributed by atoms with Crippen LogP contribution < -0.4 is 20.3 Å². The molecule has 6 heteroatoms. The zero-order chi connectivity index (χ0) is 20.5. The molecule has 3 rings (SSSR count). The van der Waals surface area contributed by atoms with Crippen molar-refractivity contribution in [1.82, 2.24) is 15.5 Å². The first-order chi connectivity index (χ1) is 14.2. The molecule has 6 nitrogen and oxygen atoms in total. The molecule has 0 bridgehead atoms. The Balaban J connectivity index is 1.50. The van der Waals surface area contributed by atoms with E-state index in [0.717, 1.165) is 37.9 Å². The number of rotatable bonds is 8. The van der Waals surface area contributed by atoms with Gasteiger partial charge in [-0.3, -0.25) is 4.99 Å². The first-order valence-electron chi connectivity index (χ1n) is 11.4. The fourth-order valence-electron chi connectivity index (χ4n) is 4.44. The molecule has 2 aliphatic rings. The lowest BCUT2D eigenvalue weighted by Gasteiger charge is -2.32. The second-order valence-electron chi connectivity index (χ2n) is 8.25. The zero-order valence-electron chi connectivity index (χ0n) is 18.5. The van der Waals surface area contributed by atoms with Crippen molar-refractivity contribution < 1.29 is 4.74 Å². The van der Waals surface area contributed by atoms with Crippen LogP contribution in [0.2, 0.25) is 0 Å². The number of anilines is 1. The first-order valence-corrected chi connectivity index (χ1v) is 11.4. The number of guanidine groups is 1. The minimum atomic E-state index is 0.537. The Hall–Kier alpha value is -1.95. The summed E-state index contributed by atoms with van der Waals surface area (Å²) >= 11 is 0. The van der Waals surface area contributed by atoms with Crippen LogP contribution in [-0.4, -0.2) is 69.8 Å². The van der Waals surface area contributed by atoms with Crippen LogP contribution in [0.4, 0.5) is 5.69 Å². The molecule has 0 amide bonds. The molecule has 2 aliphatic heterocycles. The van der Waals surface area contributed by atoms with Crippen LogP contribution in [0.5, 0.6) is 5.75 Å². The molecular formula is C23H39N5O. The molecule has 2 saturated heterocycles. The summed E-state index contributed by atoms with van der Waals surface area (Å²) in [7, 11) is 1.75. The number of likely N-dealkylation sites (tertiary alicyclic amines) is 1. The largest absolute Gasteiger partial charge is 0.495 e. The number of para-hydroxylation sites is 2. The van der Waals surface area contributed by atoms with Gasteiger partial charge in [-0.15, -0.1) is 0 Å². The molecule has 1 atom stereocenters. The fourth-order valence-corrected chi connectivity index (χ4v) is 4.44. The van der Waals surface area contributed by atoms with E-state index in [1.165, 1.54) is 51.0 Å². The molecule has 1 aromatic carbocycles. The van der Waals surface area contributed by atoms with E-state index in [0.29, 0.717) is 12.0 Å². The van der Waals surface area contributed by atoms with E-state index in [9.17, 15) is 0 Å². The number of methoxy groups -OCH3 is 1. The quantitative estimate of drug-likeness (QED) is 0.518. The average molecular weight is 402 g/mol. The highest BCUT2D eigenvalue weighted by atomic mass is 16.5. The van der Waals surface area contributed by atoms with Gasteiger partial charge < -0.3 is 25.2 Å².